The first-order valence-electron chi connectivity index (χ1n) is 12.1. The van der Waals surface area contributed by atoms with Crippen molar-refractivity contribution in [1.29, 1.82) is 0 Å². The summed E-state index contributed by atoms with van der Waals surface area (Å²) in [5, 5.41) is 1.82. The highest BCUT2D eigenvalue weighted by Gasteiger charge is 2.32. The summed E-state index contributed by atoms with van der Waals surface area (Å²) >= 11 is 6.09. The molecule has 2 fully saturated rings. The van der Waals surface area contributed by atoms with Gasteiger partial charge in [-0.1, -0.05) is 24.6 Å². The SMILES string of the molecule is CCCN1CCN(C(C)CCCN(C(=O)Cc2c[nH]c3cc(Cl)ccc23)C2CC2)CC1. The first-order chi connectivity index (χ1) is 15.0. The predicted octanol–water partition coefficient (Wildman–Crippen LogP) is 4.55. The summed E-state index contributed by atoms with van der Waals surface area (Å²) in [6, 6.07) is 6.89. The van der Waals surface area contributed by atoms with Crippen molar-refractivity contribution in [2.24, 2.45) is 0 Å². The molecule has 0 spiro atoms. The number of nitrogens with one attached hydrogen (secondary N) is 1. The monoisotopic (exact) mass is 444 g/mol. The molecule has 5 nitrogen and oxygen atoms in total. The van der Waals surface area contributed by atoms with E-state index in [0.29, 0.717) is 23.5 Å². The summed E-state index contributed by atoms with van der Waals surface area (Å²) in [6.07, 6.45) is 8.23. The molecule has 4 rings (SSSR count). The smallest absolute Gasteiger partial charge is 0.227 e. The van der Waals surface area contributed by atoms with Gasteiger partial charge < -0.3 is 14.8 Å². The predicted molar refractivity (Wildman–Crippen MR) is 129 cm³/mol. The van der Waals surface area contributed by atoms with E-state index < -0.39 is 0 Å². The quantitative estimate of drug-likeness (QED) is 0.584. The molecule has 31 heavy (non-hydrogen) atoms. The normalized spacial score (nSPS) is 19.1. The second kappa shape index (κ2) is 10.4. The van der Waals surface area contributed by atoms with E-state index in [0.717, 1.165) is 48.7 Å². The molecule has 1 unspecified atom stereocenters. The summed E-state index contributed by atoms with van der Waals surface area (Å²) in [4.78, 5) is 23.8. The lowest BCUT2D eigenvalue weighted by molar-refractivity contribution is -0.131. The molecule has 1 amide bonds. The first-order valence-corrected chi connectivity index (χ1v) is 12.4. The number of carbonyl (C=O) groups is 1. The number of aromatic nitrogens is 1. The maximum Gasteiger partial charge on any atom is 0.227 e. The van der Waals surface area contributed by atoms with Gasteiger partial charge in [0.05, 0.1) is 6.42 Å². The lowest BCUT2D eigenvalue weighted by atomic mass is 10.1. The number of hydrogen-bond acceptors (Lipinski definition) is 3. The molecule has 1 aromatic carbocycles. The van der Waals surface area contributed by atoms with Crippen LogP contribution in [-0.4, -0.2) is 76.9 Å². The van der Waals surface area contributed by atoms with Crippen molar-refractivity contribution in [1.82, 2.24) is 19.7 Å². The topological polar surface area (TPSA) is 42.6 Å². The van der Waals surface area contributed by atoms with Crippen molar-refractivity contribution in [2.45, 2.75) is 64.5 Å². The Kier molecular flexibility index (Phi) is 7.57. The molecule has 0 radical (unpaired) electrons. The average Bonchev–Trinajstić information content (AvgIpc) is 3.53. The fourth-order valence-corrected chi connectivity index (χ4v) is 5.12. The van der Waals surface area contributed by atoms with Crippen LogP contribution in [0.1, 0.15) is 51.5 Å². The minimum Gasteiger partial charge on any atom is -0.361 e. The minimum absolute atomic E-state index is 0.263. The van der Waals surface area contributed by atoms with Crippen LogP contribution in [0.4, 0.5) is 0 Å². The Bertz CT molecular complexity index is 870. The van der Waals surface area contributed by atoms with E-state index in [4.69, 9.17) is 11.6 Å². The Morgan fingerprint density at radius 1 is 1.26 bits per heavy atom. The van der Waals surface area contributed by atoms with Gasteiger partial charge in [-0.05, 0) is 63.3 Å². The molecule has 0 bridgehead atoms. The molecule has 1 saturated heterocycles. The molecular weight excluding hydrogens is 408 g/mol. The van der Waals surface area contributed by atoms with Gasteiger partial charge in [0.15, 0.2) is 0 Å². The standard InChI is InChI=1S/C25H37ClN4O/c1-3-10-28-12-14-29(15-13-28)19(2)5-4-11-30(22-7-8-22)25(31)16-20-18-27-24-17-21(26)6-9-23(20)24/h6,9,17-19,22,27H,3-5,7-8,10-16H2,1-2H3. The van der Waals surface area contributed by atoms with E-state index in [-0.39, 0.29) is 5.91 Å². The zero-order chi connectivity index (χ0) is 21.8. The van der Waals surface area contributed by atoms with Gasteiger partial charge in [-0.3, -0.25) is 9.69 Å². The summed E-state index contributed by atoms with van der Waals surface area (Å²) in [6.45, 7) is 11.5. The van der Waals surface area contributed by atoms with Crippen LogP contribution in [-0.2, 0) is 11.2 Å². The van der Waals surface area contributed by atoms with E-state index >= 15 is 0 Å². The Labute approximate surface area is 191 Å². The van der Waals surface area contributed by atoms with Crippen molar-refractivity contribution in [3.05, 3.63) is 35.0 Å². The highest BCUT2D eigenvalue weighted by Crippen LogP contribution is 2.29. The van der Waals surface area contributed by atoms with E-state index in [1.54, 1.807) is 0 Å². The van der Waals surface area contributed by atoms with Crippen LogP contribution in [0.5, 0.6) is 0 Å². The first kappa shape index (κ1) is 22.6. The number of rotatable bonds is 10. The fraction of sp³-hybridized carbons (Fsp3) is 0.640. The summed E-state index contributed by atoms with van der Waals surface area (Å²) in [5.74, 6) is 0.263. The number of H-pyrrole nitrogens is 1. The highest BCUT2D eigenvalue weighted by molar-refractivity contribution is 6.31. The summed E-state index contributed by atoms with van der Waals surface area (Å²) in [5.41, 5.74) is 2.07. The van der Waals surface area contributed by atoms with Crippen molar-refractivity contribution in [2.75, 3.05) is 39.3 Å². The van der Waals surface area contributed by atoms with E-state index in [1.165, 1.54) is 39.1 Å². The molecule has 1 atom stereocenters. The largest absolute Gasteiger partial charge is 0.361 e. The second-order valence-electron chi connectivity index (χ2n) is 9.37. The van der Waals surface area contributed by atoms with E-state index in [2.05, 4.69) is 33.5 Å². The number of piperazine rings is 1. The number of amides is 1. The number of hydrogen-bond donors (Lipinski definition) is 1. The van der Waals surface area contributed by atoms with Crippen LogP contribution < -0.4 is 0 Å². The van der Waals surface area contributed by atoms with Gasteiger partial charge in [0.1, 0.15) is 0 Å². The van der Waals surface area contributed by atoms with Crippen LogP contribution in [0.25, 0.3) is 10.9 Å². The molecule has 2 heterocycles. The summed E-state index contributed by atoms with van der Waals surface area (Å²) < 4.78 is 0. The fourth-order valence-electron chi connectivity index (χ4n) is 4.95. The highest BCUT2D eigenvalue weighted by atomic mass is 35.5. The van der Waals surface area contributed by atoms with Gasteiger partial charge in [0.25, 0.3) is 0 Å². The maximum absolute atomic E-state index is 13.1. The van der Waals surface area contributed by atoms with Crippen LogP contribution in [0.3, 0.4) is 0 Å². The van der Waals surface area contributed by atoms with Crippen LogP contribution in [0.2, 0.25) is 5.02 Å². The Morgan fingerprint density at radius 2 is 2.03 bits per heavy atom. The molecule has 1 saturated carbocycles. The Balaban J connectivity index is 1.27. The zero-order valence-electron chi connectivity index (χ0n) is 19.1. The molecular formula is C25H37ClN4O. The van der Waals surface area contributed by atoms with Gasteiger partial charge in [0, 0.05) is 66.9 Å². The summed E-state index contributed by atoms with van der Waals surface area (Å²) in [7, 11) is 0. The van der Waals surface area contributed by atoms with Gasteiger partial charge in [-0.2, -0.15) is 0 Å². The molecule has 170 valence electrons. The number of benzene rings is 1. The molecule has 6 heteroatoms. The molecule has 1 aliphatic carbocycles. The number of fused-ring (bicyclic) bond motifs is 1. The minimum atomic E-state index is 0.263. The Hall–Kier alpha value is -1.56. The van der Waals surface area contributed by atoms with Crippen molar-refractivity contribution < 1.29 is 4.79 Å². The van der Waals surface area contributed by atoms with Gasteiger partial charge in [0.2, 0.25) is 5.91 Å². The number of carbonyl (C=O) groups excluding carboxylic acids is 1. The molecule has 2 aromatic rings. The van der Waals surface area contributed by atoms with Gasteiger partial charge in [-0.15, -0.1) is 0 Å². The maximum atomic E-state index is 13.1. The third kappa shape index (κ3) is 5.82. The van der Waals surface area contributed by atoms with Crippen LogP contribution in [0, 0.1) is 0 Å². The van der Waals surface area contributed by atoms with Crippen molar-refractivity contribution in [3.8, 4) is 0 Å². The lowest BCUT2D eigenvalue weighted by Crippen LogP contribution is -2.49. The number of nitrogens with zero attached hydrogens (tertiary/aromatic N) is 3. The third-order valence-electron chi connectivity index (χ3n) is 6.97. The molecule has 1 aliphatic heterocycles. The molecule has 1 N–H and O–H groups in total. The van der Waals surface area contributed by atoms with E-state index in [9.17, 15) is 4.79 Å². The van der Waals surface area contributed by atoms with Crippen molar-refractivity contribution in [3.63, 3.8) is 0 Å². The van der Waals surface area contributed by atoms with Crippen molar-refractivity contribution >= 4 is 28.4 Å². The second-order valence-corrected chi connectivity index (χ2v) is 9.80. The van der Waals surface area contributed by atoms with E-state index in [1.807, 2.05) is 24.4 Å². The number of aromatic amines is 1. The van der Waals surface area contributed by atoms with Crippen LogP contribution in [0.15, 0.2) is 24.4 Å². The average molecular weight is 445 g/mol. The van der Waals surface area contributed by atoms with Crippen LogP contribution >= 0.6 is 11.6 Å². The lowest BCUT2D eigenvalue weighted by Gasteiger charge is -2.38. The molecule has 1 aromatic heterocycles. The zero-order valence-corrected chi connectivity index (χ0v) is 19.8. The molecule has 2 aliphatic rings. The Morgan fingerprint density at radius 3 is 2.74 bits per heavy atom. The van der Waals surface area contributed by atoms with Gasteiger partial charge in [-0.25, -0.2) is 0 Å². The number of halogens is 1. The van der Waals surface area contributed by atoms with Gasteiger partial charge >= 0.3 is 0 Å². The third-order valence-corrected chi connectivity index (χ3v) is 7.21.